The summed E-state index contributed by atoms with van der Waals surface area (Å²) in [6.07, 6.45) is -0.0000347. The van der Waals surface area contributed by atoms with E-state index in [2.05, 4.69) is 0 Å². The van der Waals surface area contributed by atoms with Crippen molar-refractivity contribution < 1.29 is 24.4 Å². The van der Waals surface area contributed by atoms with Gasteiger partial charge in [-0.15, -0.1) is 0 Å². The van der Waals surface area contributed by atoms with Crippen LogP contribution in [-0.2, 0) is 19.0 Å². The highest BCUT2D eigenvalue weighted by atomic mass is 16.6. The fourth-order valence-electron chi connectivity index (χ4n) is 0.788. The van der Waals surface area contributed by atoms with Crippen molar-refractivity contribution in [3.63, 3.8) is 0 Å². The molecule has 0 saturated carbocycles. The number of esters is 1. The smallest absolute Gasteiger partial charge is 0.344 e. The zero-order valence-corrected chi connectivity index (χ0v) is 8.75. The van der Waals surface area contributed by atoms with E-state index in [9.17, 15) is 4.79 Å². The molecular weight excluding hydrogens is 186 g/mol. The predicted molar refractivity (Wildman–Crippen MR) is 50.6 cm³/mol. The van der Waals surface area contributed by atoms with E-state index in [1.165, 1.54) is 0 Å². The van der Waals surface area contributed by atoms with Crippen molar-refractivity contribution in [3.05, 3.63) is 0 Å². The summed E-state index contributed by atoms with van der Waals surface area (Å²) in [5, 5.41) is 5.38. The van der Waals surface area contributed by atoms with Gasteiger partial charge in [0.05, 0.1) is 13.2 Å². The summed E-state index contributed by atoms with van der Waals surface area (Å²) in [6, 6.07) is 0. The van der Waals surface area contributed by atoms with E-state index in [0.29, 0.717) is 19.8 Å². The first kappa shape index (κ1) is 12.9. The number of nitrogens with two attached hydrogens (primary N) is 1. The van der Waals surface area contributed by atoms with Gasteiger partial charge in [-0.1, -0.05) is 0 Å². The molecule has 0 aliphatic carbocycles. The van der Waals surface area contributed by atoms with Crippen LogP contribution in [0.5, 0.6) is 0 Å². The van der Waals surface area contributed by atoms with Crippen LogP contribution in [0, 0.1) is 0 Å². The molecule has 0 fully saturated rings. The Kier molecular flexibility index (Phi) is 7.83. The highest BCUT2D eigenvalue weighted by molar-refractivity contribution is 5.91. The molecule has 0 unspecified atom stereocenters. The molecule has 0 heterocycles. The monoisotopic (exact) mass is 204 g/mol. The van der Waals surface area contributed by atoms with E-state index in [0.717, 1.165) is 0 Å². The molecule has 0 saturated heterocycles. The van der Waals surface area contributed by atoms with Crippen molar-refractivity contribution in [2.45, 2.75) is 20.3 Å². The molecule has 0 aliphatic heterocycles. The molecule has 0 aromatic carbocycles. The van der Waals surface area contributed by atoms with E-state index >= 15 is 0 Å². The number of ether oxygens (including phenoxy) is 3. The largest absolute Gasteiger partial charge is 0.463 e. The molecule has 0 amide bonds. The molecule has 0 radical (unpaired) electrons. The molecule has 0 bridgehead atoms. The Labute approximate surface area is 83.8 Å². The second kappa shape index (κ2) is 8.50. The van der Waals surface area contributed by atoms with Crippen LogP contribution in [0.2, 0.25) is 0 Å². The van der Waals surface area contributed by atoms with Crippen LogP contribution >= 0.6 is 0 Å². The normalized spacial score (nSPS) is 9.57. The van der Waals surface area contributed by atoms with Crippen LogP contribution in [0.1, 0.15) is 20.3 Å². The van der Waals surface area contributed by atoms with E-state index in [1.807, 2.05) is 6.92 Å². The van der Waals surface area contributed by atoms with Gasteiger partial charge in [0.1, 0.15) is 6.61 Å². The van der Waals surface area contributed by atoms with Crippen LogP contribution < -0.4 is 5.41 Å². The van der Waals surface area contributed by atoms with Crippen molar-refractivity contribution in [2.24, 2.45) is 0 Å². The van der Waals surface area contributed by atoms with Gasteiger partial charge in [-0.25, -0.2) is 5.41 Å². The summed E-state index contributed by atoms with van der Waals surface area (Å²) >= 11 is 0. The molecule has 14 heavy (non-hydrogen) atoms. The minimum atomic E-state index is -0.393. The summed E-state index contributed by atoms with van der Waals surface area (Å²) in [7, 11) is 0. The average molecular weight is 204 g/mol. The molecular formula is C9H18NO4+. The minimum absolute atomic E-state index is 0.0000347. The standard InChI is InChI=1S/C9H17NO4/c1-3-12-5-6-14-9(11)7-8(10)13-4-2/h10H,3-7H2,1-2H3/p+1. The maximum absolute atomic E-state index is 11.0. The Morgan fingerprint density at radius 2 is 1.86 bits per heavy atom. The highest BCUT2D eigenvalue weighted by Gasteiger charge is 2.12. The molecule has 0 aliphatic rings. The van der Waals surface area contributed by atoms with Crippen LogP contribution in [0.3, 0.4) is 0 Å². The minimum Gasteiger partial charge on any atom is -0.463 e. The van der Waals surface area contributed by atoms with Crippen LogP contribution in [0.15, 0.2) is 0 Å². The Hall–Kier alpha value is -1.10. The van der Waals surface area contributed by atoms with Gasteiger partial charge in [0.2, 0.25) is 0 Å². The van der Waals surface area contributed by atoms with Crippen LogP contribution in [0.25, 0.3) is 0 Å². The average Bonchev–Trinajstić information content (AvgIpc) is 2.13. The maximum atomic E-state index is 11.0. The third-order valence-electron chi connectivity index (χ3n) is 1.34. The van der Waals surface area contributed by atoms with E-state index in [4.69, 9.17) is 19.6 Å². The van der Waals surface area contributed by atoms with Gasteiger partial charge in [0.15, 0.2) is 6.42 Å². The van der Waals surface area contributed by atoms with E-state index in [-0.39, 0.29) is 18.9 Å². The van der Waals surface area contributed by atoms with Gasteiger partial charge in [0, 0.05) is 6.61 Å². The highest BCUT2D eigenvalue weighted by Crippen LogP contribution is 1.89. The van der Waals surface area contributed by atoms with Gasteiger partial charge in [0.25, 0.3) is 0 Å². The summed E-state index contributed by atoms with van der Waals surface area (Å²) < 4.78 is 14.7. The molecule has 0 rings (SSSR count). The topological polar surface area (TPSA) is 70.4 Å². The Balaban J connectivity index is 3.40. The lowest BCUT2D eigenvalue weighted by Gasteiger charge is -2.03. The lowest BCUT2D eigenvalue weighted by Crippen LogP contribution is -2.43. The number of carbonyl (C=O) groups is 1. The fraction of sp³-hybridized carbons (Fsp3) is 0.778. The van der Waals surface area contributed by atoms with Crippen molar-refractivity contribution in [2.75, 3.05) is 26.4 Å². The zero-order valence-electron chi connectivity index (χ0n) is 8.75. The Bertz CT molecular complexity index is 182. The van der Waals surface area contributed by atoms with Gasteiger partial charge in [-0.2, -0.15) is 0 Å². The Morgan fingerprint density at radius 3 is 2.43 bits per heavy atom. The van der Waals surface area contributed by atoms with E-state index < -0.39 is 5.97 Å². The van der Waals surface area contributed by atoms with Crippen molar-refractivity contribution >= 4 is 11.9 Å². The number of hydrogen-bond acceptors (Lipinski definition) is 4. The zero-order chi connectivity index (χ0) is 10.8. The lowest BCUT2D eigenvalue weighted by molar-refractivity contribution is -0.155. The maximum Gasteiger partial charge on any atom is 0.344 e. The van der Waals surface area contributed by atoms with Crippen LogP contribution in [0.4, 0.5) is 0 Å². The SMILES string of the molecule is CCOCCOC(=O)CC(=[NH2+])OCC. The van der Waals surface area contributed by atoms with Crippen molar-refractivity contribution in [1.82, 2.24) is 0 Å². The molecule has 82 valence electrons. The summed E-state index contributed by atoms with van der Waals surface area (Å²) in [6.45, 7) is 5.42. The number of carbonyl (C=O) groups excluding carboxylic acids is 1. The van der Waals surface area contributed by atoms with Crippen LogP contribution in [-0.4, -0.2) is 38.3 Å². The van der Waals surface area contributed by atoms with Gasteiger partial charge in [-0.3, -0.25) is 4.79 Å². The van der Waals surface area contributed by atoms with Crippen molar-refractivity contribution in [3.8, 4) is 0 Å². The van der Waals surface area contributed by atoms with Gasteiger partial charge >= 0.3 is 11.9 Å². The van der Waals surface area contributed by atoms with Gasteiger partial charge in [-0.05, 0) is 13.8 Å². The molecule has 5 nitrogen and oxygen atoms in total. The summed E-state index contributed by atoms with van der Waals surface area (Å²) in [5.74, 6) is -0.204. The second-order valence-electron chi connectivity index (χ2n) is 2.49. The number of hydrogen-bond donors (Lipinski definition) is 1. The molecule has 5 heteroatoms. The van der Waals surface area contributed by atoms with Crippen molar-refractivity contribution in [1.29, 1.82) is 0 Å². The third kappa shape index (κ3) is 7.54. The fourth-order valence-corrected chi connectivity index (χ4v) is 0.788. The quantitative estimate of drug-likeness (QED) is 0.254. The first-order valence-corrected chi connectivity index (χ1v) is 4.68. The third-order valence-corrected chi connectivity index (χ3v) is 1.34. The van der Waals surface area contributed by atoms with E-state index in [1.54, 1.807) is 6.92 Å². The lowest BCUT2D eigenvalue weighted by atomic mass is 10.4. The predicted octanol–water partition coefficient (Wildman–Crippen LogP) is -0.850. The first-order valence-electron chi connectivity index (χ1n) is 4.68. The summed E-state index contributed by atoms with van der Waals surface area (Å²) in [4.78, 5) is 11.0. The molecule has 0 spiro atoms. The first-order chi connectivity index (χ1) is 6.70. The summed E-state index contributed by atoms with van der Waals surface area (Å²) in [5.41, 5.74) is 0. The molecule has 2 N–H and O–H groups in total. The number of rotatable bonds is 7. The van der Waals surface area contributed by atoms with Gasteiger partial charge < -0.3 is 14.2 Å². The molecule has 0 aromatic heterocycles. The molecule has 0 aromatic rings. The Morgan fingerprint density at radius 1 is 1.14 bits per heavy atom. The second-order valence-corrected chi connectivity index (χ2v) is 2.49. The molecule has 0 atom stereocenters.